The van der Waals surface area contributed by atoms with Gasteiger partial charge in [0.15, 0.2) is 0 Å². The van der Waals surface area contributed by atoms with E-state index in [4.69, 9.17) is 0 Å². The first-order valence-corrected chi connectivity index (χ1v) is 8.52. The van der Waals surface area contributed by atoms with E-state index in [0.717, 1.165) is 25.2 Å². The largest absolute Gasteiger partial charge is 0.352 e. The summed E-state index contributed by atoms with van der Waals surface area (Å²) in [5, 5.41) is 11.1. The summed E-state index contributed by atoms with van der Waals surface area (Å²) in [7, 11) is 1.83. The highest BCUT2D eigenvalue weighted by atomic mass is 16.1. The fraction of sp³-hybridized carbons (Fsp3) is 0.500. The predicted octanol–water partition coefficient (Wildman–Crippen LogP) is 1.53. The highest BCUT2D eigenvalue weighted by molar-refractivity contribution is 5.76. The molecule has 0 radical (unpaired) electrons. The van der Waals surface area contributed by atoms with E-state index in [1.54, 1.807) is 4.68 Å². The number of likely N-dealkylation sites (tertiary alicyclic amines) is 1. The van der Waals surface area contributed by atoms with Crippen LogP contribution < -0.4 is 5.32 Å². The number of aromatic nitrogens is 3. The Morgan fingerprint density at radius 1 is 1.33 bits per heavy atom. The van der Waals surface area contributed by atoms with Crippen molar-refractivity contribution in [2.45, 2.75) is 44.8 Å². The second-order valence-corrected chi connectivity index (χ2v) is 6.65. The Hall–Kier alpha value is -2.21. The molecule has 1 aliphatic heterocycles. The summed E-state index contributed by atoms with van der Waals surface area (Å²) < 4.78 is 1.66. The lowest BCUT2D eigenvalue weighted by atomic mass is 10.1. The van der Waals surface area contributed by atoms with Crippen LogP contribution in [0.3, 0.4) is 0 Å². The molecule has 1 aromatic heterocycles. The molecular formula is C18H25N5O. The molecule has 1 N–H and O–H groups in total. The van der Waals surface area contributed by atoms with Gasteiger partial charge < -0.3 is 5.32 Å². The molecule has 0 aliphatic carbocycles. The highest BCUT2D eigenvalue weighted by Gasteiger charge is 2.29. The van der Waals surface area contributed by atoms with Crippen LogP contribution in [-0.2, 0) is 24.8 Å². The standard InChI is InChI=1S/C18H25N5O/c1-14-10-17(13-23(14)11-15-6-4-3-5-7-15)19-18(24)9-8-16-12-22(2)21-20-16/h3-7,12,14,17H,8-11,13H2,1-2H3,(H,19,24). The van der Waals surface area contributed by atoms with E-state index in [0.29, 0.717) is 18.9 Å². The lowest BCUT2D eigenvalue weighted by molar-refractivity contribution is -0.121. The van der Waals surface area contributed by atoms with Crippen molar-refractivity contribution < 1.29 is 4.79 Å². The number of carbonyl (C=O) groups excluding carboxylic acids is 1. The molecule has 2 heterocycles. The van der Waals surface area contributed by atoms with Gasteiger partial charge in [0, 0.05) is 51.3 Å². The number of rotatable bonds is 6. The Balaban J connectivity index is 1.45. The van der Waals surface area contributed by atoms with Crippen molar-refractivity contribution >= 4 is 5.91 Å². The normalized spacial score (nSPS) is 21.1. The van der Waals surface area contributed by atoms with Crippen LogP contribution in [0, 0.1) is 0 Å². The summed E-state index contributed by atoms with van der Waals surface area (Å²) in [5.41, 5.74) is 2.18. The topological polar surface area (TPSA) is 63.1 Å². The van der Waals surface area contributed by atoms with Crippen LogP contribution in [-0.4, -0.2) is 44.4 Å². The second-order valence-electron chi connectivity index (χ2n) is 6.65. The molecule has 1 aliphatic rings. The first-order chi connectivity index (χ1) is 11.6. The molecule has 1 amide bonds. The second kappa shape index (κ2) is 7.57. The van der Waals surface area contributed by atoms with Crippen LogP contribution >= 0.6 is 0 Å². The van der Waals surface area contributed by atoms with E-state index < -0.39 is 0 Å². The zero-order chi connectivity index (χ0) is 16.9. The molecule has 1 saturated heterocycles. The van der Waals surface area contributed by atoms with E-state index in [9.17, 15) is 4.79 Å². The third-order valence-corrected chi connectivity index (χ3v) is 4.56. The SMILES string of the molecule is CC1CC(NC(=O)CCc2cn(C)nn2)CN1Cc1ccccc1. The van der Waals surface area contributed by atoms with Gasteiger partial charge in [-0.05, 0) is 18.9 Å². The lowest BCUT2D eigenvalue weighted by Crippen LogP contribution is -2.37. The average molecular weight is 327 g/mol. The van der Waals surface area contributed by atoms with Crippen molar-refractivity contribution in [1.29, 1.82) is 0 Å². The molecule has 1 aromatic carbocycles. The van der Waals surface area contributed by atoms with Gasteiger partial charge in [-0.25, -0.2) is 0 Å². The van der Waals surface area contributed by atoms with Crippen LogP contribution in [0.2, 0.25) is 0 Å². The van der Waals surface area contributed by atoms with Gasteiger partial charge in [0.1, 0.15) is 0 Å². The predicted molar refractivity (Wildman–Crippen MR) is 92.2 cm³/mol. The highest BCUT2D eigenvalue weighted by Crippen LogP contribution is 2.20. The quantitative estimate of drug-likeness (QED) is 0.874. The minimum absolute atomic E-state index is 0.0967. The number of amides is 1. The number of nitrogens with zero attached hydrogens (tertiary/aromatic N) is 4. The molecule has 0 bridgehead atoms. The van der Waals surface area contributed by atoms with Crippen molar-refractivity contribution in [1.82, 2.24) is 25.2 Å². The number of nitrogens with one attached hydrogen (secondary N) is 1. The molecule has 6 heteroatoms. The Morgan fingerprint density at radius 3 is 2.83 bits per heavy atom. The molecule has 1 fully saturated rings. The van der Waals surface area contributed by atoms with Crippen LogP contribution in [0.5, 0.6) is 0 Å². The van der Waals surface area contributed by atoms with Gasteiger partial charge in [0.2, 0.25) is 5.91 Å². The summed E-state index contributed by atoms with van der Waals surface area (Å²) in [6.45, 7) is 4.08. The Labute approximate surface area is 142 Å². The third-order valence-electron chi connectivity index (χ3n) is 4.56. The maximum Gasteiger partial charge on any atom is 0.220 e. The molecular weight excluding hydrogens is 302 g/mol. The fourth-order valence-corrected chi connectivity index (χ4v) is 3.29. The van der Waals surface area contributed by atoms with Gasteiger partial charge >= 0.3 is 0 Å². The van der Waals surface area contributed by atoms with Gasteiger partial charge in [-0.15, -0.1) is 5.10 Å². The van der Waals surface area contributed by atoms with Crippen molar-refractivity contribution in [3.63, 3.8) is 0 Å². The molecule has 6 nitrogen and oxygen atoms in total. The molecule has 2 aromatic rings. The molecule has 0 saturated carbocycles. The zero-order valence-electron chi connectivity index (χ0n) is 14.4. The van der Waals surface area contributed by atoms with Crippen molar-refractivity contribution in [2.24, 2.45) is 7.05 Å². The molecule has 128 valence electrons. The van der Waals surface area contributed by atoms with Crippen LogP contribution in [0.1, 0.15) is 31.0 Å². The number of hydrogen-bond acceptors (Lipinski definition) is 4. The summed E-state index contributed by atoms with van der Waals surface area (Å²) in [6, 6.07) is 11.2. The van der Waals surface area contributed by atoms with Gasteiger partial charge in [-0.3, -0.25) is 14.4 Å². The Kier molecular flexibility index (Phi) is 5.25. The number of hydrogen-bond donors (Lipinski definition) is 1. The first kappa shape index (κ1) is 16.6. The molecule has 0 spiro atoms. The molecule has 2 atom stereocenters. The van der Waals surface area contributed by atoms with E-state index in [1.807, 2.05) is 19.3 Å². The molecule has 2 unspecified atom stereocenters. The third kappa shape index (κ3) is 4.41. The number of aryl methyl sites for hydroxylation is 2. The van der Waals surface area contributed by atoms with Crippen LogP contribution in [0.15, 0.2) is 36.5 Å². The summed E-state index contributed by atoms with van der Waals surface area (Å²) >= 11 is 0. The van der Waals surface area contributed by atoms with E-state index >= 15 is 0 Å². The minimum Gasteiger partial charge on any atom is -0.352 e. The first-order valence-electron chi connectivity index (χ1n) is 8.52. The summed E-state index contributed by atoms with van der Waals surface area (Å²) in [5.74, 6) is 0.0967. The van der Waals surface area contributed by atoms with Crippen LogP contribution in [0.4, 0.5) is 0 Å². The van der Waals surface area contributed by atoms with Crippen molar-refractivity contribution in [3.05, 3.63) is 47.8 Å². The summed E-state index contributed by atoms with van der Waals surface area (Å²) in [6.07, 6.45) is 3.95. The average Bonchev–Trinajstić information content (AvgIpc) is 3.12. The van der Waals surface area contributed by atoms with Crippen molar-refractivity contribution in [2.75, 3.05) is 6.54 Å². The van der Waals surface area contributed by atoms with Gasteiger partial charge in [-0.2, -0.15) is 0 Å². The van der Waals surface area contributed by atoms with Gasteiger partial charge in [0.25, 0.3) is 0 Å². The number of carbonyl (C=O) groups is 1. The van der Waals surface area contributed by atoms with Crippen LogP contribution in [0.25, 0.3) is 0 Å². The maximum absolute atomic E-state index is 12.2. The molecule has 3 rings (SSSR count). The maximum atomic E-state index is 12.2. The van der Waals surface area contributed by atoms with E-state index in [-0.39, 0.29) is 11.9 Å². The van der Waals surface area contributed by atoms with E-state index in [1.165, 1.54) is 5.56 Å². The minimum atomic E-state index is 0.0967. The summed E-state index contributed by atoms with van der Waals surface area (Å²) in [4.78, 5) is 14.6. The Morgan fingerprint density at radius 2 is 2.12 bits per heavy atom. The number of benzene rings is 1. The fourth-order valence-electron chi connectivity index (χ4n) is 3.29. The molecule has 24 heavy (non-hydrogen) atoms. The van der Waals surface area contributed by atoms with Crippen molar-refractivity contribution in [3.8, 4) is 0 Å². The van der Waals surface area contributed by atoms with Gasteiger partial charge in [-0.1, -0.05) is 35.5 Å². The van der Waals surface area contributed by atoms with E-state index in [2.05, 4.69) is 51.7 Å². The lowest BCUT2D eigenvalue weighted by Gasteiger charge is -2.20. The van der Waals surface area contributed by atoms with Gasteiger partial charge in [0.05, 0.1) is 5.69 Å². The Bertz CT molecular complexity index is 669. The smallest absolute Gasteiger partial charge is 0.220 e. The monoisotopic (exact) mass is 327 g/mol. The zero-order valence-corrected chi connectivity index (χ0v) is 14.4.